The number of benzene rings is 2. The second kappa shape index (κ2) is 9.12. The number of sulfonamides is 1. The molecule has 7 heteroatoms. The monoisotopic (exact) mass is 405 g/mol. The Labute approximate surface area is 167 Å². The fourth-order valence-electron chi connectivity index (χ4n) is 2.89. The van der Waals surface area contributed by atoms with Crippen LogP contribution < -0.4 is 18.9 Å². The van der Waals surface area contributed by atoms with E-state index in [0.29, 0.717) is 22.8 Å². The predicted molar refractivity (Wildman–Crippen MR) is 110 cm³/mol. The van der Waals surface area contributed by atoms with Crippen LogP contribution in [-0.4, -0.2) is 36.3 Å². The SMILES string of the molecule is C=C(C)[C@@H](CNS(=O)(=O)c1ccc(C)cc1)c1c(OC)cc(OC)cc1OC. The van der Waals surface area contributed by atoms with Gasteiger partial charge in [-0.1, -0.05) is 29.8 Å². The fraction of sp³-hybridized carbons (Fsp3) is 0.333. The van der Waals surface area contributed by atoms with Crippen molar-refractivity contribution in [1.29, 1.82) is 0 Å². The molecule has 1 atom stereocenters. The lowest BCUT2D eigenvalue weighted by Gasteiger charge is -2.23. The molecule has 0 heterocycles. The van der Waals surface area contributed by atoms with Gasteiger partial charge < -0.3 is 14.2 Å². The smallest absolute Gasteiger partial charge is 0.240 e. The Kier molecular flexibility index (Phi) is 7.10. The van der Waals surface area contributed by atoms with E-state index in [0.717, 1.165) is 11.1 Å². The Morgan fingerprint density at radius 1 is 1.04 bits per heavy atom. The van der Waals surface area contributed by atoms with Crippen LogP contribution in [0.5, 0.6) is 17.2 Å². The van der Waals surface area contributed by atoms with Gasteiger partial charge in [-0.15, -0.1) is 0 Å². The van der Waals surface area contributed by atoms with E-state index in [1.54, 1.807) is 57.7 Å². The molecule has 0 fully saturated rings. The number of aryl methyl sites for hydroxylation is 1. The van der Waals surface area contributed by atoms with Crippen molar-refractivity contribution >= 4 is 10.0 Å². The van der Waals surface area contributed by atoms with Gasteiger partial charge >= 0.3 is 0 Å². The molecule has 0 radical (unpaired) electrons. The molecule has 0 amide bonds. The Morgan fingerprint density at radius 2 is 1.57 bits per heavy atom. The molecule has 1 N–H and O–H groups in total. The zero-order valence-corrected chi connectivity index (χ0v) is 17.7. The van der Waals surface area contributed by atoms with Crippen LogP contribution in [0.3, 0.4) is 0 Å². The van der Waals surface area contributed by atoms with Gasteiger partial charge in [-0.2, -0.15) is 0 Å². The number of hydrogen-bond acceptors (Lipinski definition) is 5. The minimum absolute atomic E-state index is 0.116. The van der Waals surface area contributed by atoms with E-state index in [1.807, 2.05) is 13.8 Å². The number of ether oxygens (including phenoxy) is 3. The van der Waals surface area contributed by atoms with Crippen molar-refractivity contribution in [2.75, 3.05) is 27.9 Å². The van der Waals surface area contributed by atoms with Crippen molar-refractivity contribution in [2.24, 2.45) is 0 Å². The summed E-state index contributed by atoms with van der Waals surface area (Å²) in [5, 5.41) is 0. The van der Waals surface area contributed by atoms with E-state index in [9.17, 15) is 8.42 Å². The third-order valence-electron chi connectivity index (χ3n) is 4.51. The number of nitrogens with one attached hydrogen (secondary N) is 1. The molecule has 0 spiro atoms. The molecule has 0 aliphatic heterocycles. The Bertz CT molecular complexity index is 911. The normalized spacial score (nSPS) is 12.3. The van der Waals surface area contributed by atoms with Gasteiger partial charge in [0.2, 0.25) is 10.0 Å². The first-order valence-corrected chi connectivity index (χ1v) is 10.2. The Balaban J connectivity index is 2.39. The van der Waals surface area contributed by atoms with Crippen LogP contribution in [0.4, 0.5) is 0 Å². The summed E-state index contributed by atoms with van der Waals surface area (Å²) in [6.07, 6.45) is 0. The molecule has 2 rings (SSSR count). The van der Waals surface area contributed by atoms with E-state index in [4.69, 9.17) is 14.2 Å². The zero-order valence-electron chi connectivity index (χ0n) is 16.9. The van der Waals surface area contributed by atoms with Gasteiger partial charge in [0.05, 0.1) is 26.2 Å². The van der Waals surface area contributed by atoms with E-state index in [2.05, 4.69) is 11.3 Å². The molecular formula is C21H27NO5S. The third-order valence-corrected chi connectivity index (χ3v) is 5.94. The van der Waals surface area contributed by atoms with E-state index >= 15 is 0 Å². The molecule has 0 aliphatic carbocycles. The van der Waals surface area contributed by atoms with Crippen LogP contribution in [0, 0.1) is 6.92 Å². The summed E-state index contributed by atoms with van der Waals surface area (Å²) in [5.41, 5.74) is 2.48. The van der Waals surface area contributed by atoms with Crippen LogP contribution in [-0.2, 0) is 10.0 Å². The molecule has 0 bridgehead atoms. The van der Waals surface area contributed by atoms with Gasteiger partial charge in [0.25, 0.3) is 0 Å². The third kappa shape index (κ3) is 4.85. The van der Waals surface area contributed by atoms with Crippen molar-refractivity contribution in [3.05, 3.63) is 59.7 Å². The van der Waals surface area contributed by atoms with Crippen molar-refractivity contribution in [2.45, 2.75) is 24.7 Å². The van der Waals surface area contributed by atoms with Crippen LogP contribution in [0.2, 0.25) is 0 Å². The largest absolute Gasteiger partial charge is 0.496 e. The highest BCUT2D eigenvalue weighted by Crippen LogP contribution is 2.41. The average molecular weight is 406 g/mol. The van der Waals surface area contributed by atoms with E-state index < -0.39 is 10.0 Å². The molecule has 0 aliphatic rings. The average Bonchev–Trinajstić information content (AvgIpc) is 2.67. The molecule has 2 aromatic rings. The molecule has 152 valence electrons. The lowest BCUT2D eigenvalue weighted by molar-refractivity contribution is 0.365. The molecule has 28 heavy (non-hydrogen) atoms. The van der Waals surface area contributed by atoms with Gasteiger partial charge in [0, 0.05) is 30.2 Å². The maximum atomic E-state index is 12.7. The van der Waals surface area contributed by atoms with Crippen LogP contribution in [0.15, 0.2) is 53.4 Å². The molecule has 2 aromatic carbocycles. The maximum Gasteiger partial charge on any atom is 0.240 e. The molecule has 0 saturated heterocycles. The number of hydrogen-bond donors (Lipinski definition) is 1. The first-order valence-electron chi connectivity index (χ1n) is 8.75. The van der Waals surface area contributed by atoms with Crippen LogP contribution >= 0.6 is 0 Å². The molecule has 0 aromatic heterocycles. The Hall–Kier alpha value is -2.51. The van der Waals surface area contributed by atoms with Gasteiger partial charge in [-0.3, -0.25) is 0 Å². The molecular weight excluding hydrogens is 378 g/mol. The summed E-state index contributed by atoms with van der Waals surface area (Å²) in [5.74, 6) is 1.31. The number of rotatable bonds is 9. The first-order chi connectivity index (χ1) is 13.2. The second-order valence-electron chi connectivity index (χ2n) is 6.51. The van der Waals surface area contributed by atoms with Crippen molar-refractivity contribution < 1.29 is 22.6 Å². The van der Waals surface area contributed by atoms with Crippen LogP contribution in [0.25, 0.3) is 0 Å². The van der Waals surface area contributed by atoms with Gasteiger partial charge in [0.1, 0.15) is 17.2 Å². The topological polar surface area (TPSA) is 73.9 Å². The molecule has 0 unspecified atom stereocenters. The van der Waals surface area contributed by atoms with E-state index in [-0.39, 0.29) is 17.4 Å². The van der Waals surface area contributed by atoms with Crippen LogP contribution in [0.1, 0.15) is 24.0 Å². The van der Waals surface area contributed by atoms with Gasteiger partial charge in [-0.25, -0.2) is 13.1 Å². The zero-order chi connectivity index (χ0) is 20.9. The standard InChI is InChI=1S/C21H27NO5S/c1-14(2)18(13-22-28(23,24)17-9-7-15(3)8-10-17)21-19(26-5)11-16(25-4)12-20(21)27-6/h7-12,18,22H,1,13H2,2-6H3/t18-/m1/s1. The summed E-state index contributed by atoms with van der Waals surface area (Å²) in [7, 11) is 0.983. The molecule has 0 saturated carbocycles. The van der Waals surface area contributed by atoms with E-state index in [1.165, 1.54) is 0 Å². The fourth-order valence-corrected chi connectivity index (χ4v) is 3.94. The quantitative estimate of drug-likeness (QED) is 0.645. The van der Waals surface area contributed by atoms with Gasteiger partial charge in [-0.05, 0) is 26.0 Å². The highest BCUT2D eigenvalue weighted by Gasteiger charge is 2.25. The first kappa shape index (κ1) is 21.8. The summed E-state index contributed by atoms with van der Waals surface area (Å²) in [6, 6.07) is 10.2. The predicted octanol–water partition coefficient (Wildman–Crippen LogP) is 3.66. The lowest BCUT2D eigenvalue weighted by atomic mass is 9.91. The minimum Gasteiger partial charge on any atom is -0.496 e. The highest BCUT2D eigenvalue weighted by molar-refractivity contribution is 7.89. The number of methoxy groups -OCH3 is 3. The van der Waals surface area contributed by atoms with Gasteiger partial charge in [0.15, 0.2) is 0 Å². The minimum atomic E-state index is -3.66. The maximum absolute atomic E-state index is 12.7. The summed E-state index contributed by atoms with van der Waals surface area (Å²) in [4.78, 5) is 0.215. The summed E-state index contributed by atoms with van der Waals surface area (Å²) in [6.45, 7) is 7.90. The lowest BCUT2D eigenvalue weighted by Crippen LogP contribution is -2.29. The van der Waals surface area contributed by atoms with Crippen molar-refractivity contribution in [3.8, 4) is 17.2 Å². The van der Waals surface area contributed by atoms with Crippen molar-refractivity contribution in [1.82, 2.24) is 4.72 Å². The summed E-state index contributed by atoms with van der Waals surface area (Å²) >= 11 is 0. The summed E-state index contributed by atoms with van der Waals surface area (Å²) < 4.78 is 44.4. The second-order valence-corrected chi connectivity index (χ2v) is 8.28. The van der Waals surface area contributed by atoms with Crippen molar-refractivity contribution in [3.63, 3.8) is 0 Å². The Morgan fingerprint density at radius 3 is 2.00 bits per heavy atom. The highest BCUT2D eigenvalue weighted by atomic mass is 32.2. The molecule has 6 nitrogen and oxygen atoms in total.